The molecule has 4 rings (SSSR count). The molecule has 166 valence electrons. The van der Waals surface area contributed by atoms with Crippen LogP contribution in [0.2, 0.25) is 5.02 Å². The number of sulfonamides is 1. The minimum absolute atomic E-state index is 0.223. The number of anilines is 1. The molecule has 0 saturated heterocycles. The quantitative estimate of drug-likeness (QED) is 0.422. The van der Waals surface area contributed by atoms with E-state index in [1.54, 1.807) is 62.6 Å². The Morgan fingerprint density at radius 2 is 1.56 bits per heavy atom. The van der Waals surface area contributed by atoms with E-state index in [9.17, 15) is 17.6 Å². The molecule has 3 aromatic carbocycles. The molecule has 32 heavy (non-hydrogen) atoms. The Hall–Kier alpha value is -2.75. The van der Waals surface area contributed by atoms with Crippen LogP contribution in [0.1, 0.15) is 5.56 Å². The molecular weight excluding hydrogens is 473 g/mol. The molecule has 4 aromatic rings. The highest BCUT2D eigenvalue weighted by molar-refractivity contribution is 7.99. The monoisotopic (exact) mass is 491 g/mol. The molecule has 1 heterocycles. The first kappa shape index (κ1) is 22.4. The van der Waals surface area contributed by atoms with Gasteiger partial charge in [0.1, 0.15) is 5.82 Å². The van der Waals surface area contributed by atoms with Crippen LogP contribution in [0.5, 0.6) is 0 Å². The van der Waals surface area contributed by atoms with Gasteiger partial charge in [-0.2, -0.15) is 0 Å². The van der Waals surface area contributed by atoms with Crippen LogP contribution in [0.25, 0.3) is 11.0 Å². The number of fused-ring (bicyclic) bond motifs is 1. The van der Waals surface area contributed by atoms with Gasteiger partial charge >= 0.3 is 5.69 Å². The minimum Gasteiger partial charge on any atom is -0.295 e. The fourth-order valence-corrected chi connectivity index (χ4v) is 5.64. The molecular formula is C22H19ClFN3O3S2. The lowest BCUT2D eigenvalue weighted by Gasteiger charge is -2.14. The number of nitrogens with one attached hydrogen (secondary N) is 1. The minimum atomic E-state index is -3.77. The molecule has 1 aromatic heterocycles. The van der Waals surface area contributed by atoms with Crippen molar-refractivity contribution in [2.45, 2.75) is 15.5 Å². The average Bonchev–Trinajstić information content (AvgIpc) is 2.95. The fourth-order valence-electron chi connectivity index (χ4n) is 3.32. The number of aryl methyl sites for hydroxylation is 2. The summed E-state index contributed by atoms with van der Waals surface area (Å²) in [6.07, 6.45) is 0. The van der Waals surface area contributed by atoms with Gasteiger partial charge in [0.05, 0.1) is 22.5 Å². The smallest absolute Gasteiger partial charge is 0.295 e. The molecule has 0 radical (unpaired) electrons. The number of aromatic nitrogens is 2. The second-order valence-electron chi connectivity index (χ2n) is 7.28. The molecule has 0 amide bonds. The van der Waals surface area contributed by atoms with E-state index in [0.717, 1.165) is 4.90 Å². The van der Waals surface area contributed by atoms with Crippen molar-refractivity contribution in [3.8, 4) is 0 Å². The number of halogens is 2. The third kappa shape index (κ3) is 4.69. The topological polar surface area (TPSA) is 73.1 Å². The molecule has 0 spiro atoms. The summed E-state index contributed by atoms with van der Waals surface area (Å²) in [5, 5.41) is 0.521. The van der Waals surface area contributed by atoms with Gasteiger partial charge in [-0.05, 0) is 54.1 Å². The normalized spacial score (nSPS) is 11.8. The van der Waals surface area contributed by atoms with Gasteiger partial charge in [0, 0.05) is 28.9 Å². The lowest BCUT2D eigenvalue weighted by molar-refractivity contribution is 0.600. The standard InChI is InChI=1S/C22H19ClFN3O3S2/c1-26-19-11-18(25-32(29,30)13-14-3-5-15(23)6-4-14)21(12-20(19)27(2)22(26)28)31-17-9-7-16(24)8-10-17/h3-12,25H,13H2,1-2H3. The molecule has 1 N–H and O–H groups in total. The maximum atomic E-state index is 13.3. The summed E-state index contributed by atoms with van der Waals surface area (Å²) in [5.74, 6) is -0.601. The van der Waals surface area contributed by atoms with E-state index in [2.05, 4.69) is 4.72 Å². The van der Waals surface area contributed by atoms with E-state index < -0.39 is 10.0 Å². The number of benzene rings is 3. The third-order valence-corrected chi connectivity index (χ3v) is 7.51. The van der Waals surface area contributed by atoms with E-state index in [1.165, 1.54) is 33.0 Å². The van der Waals surface area contributed by atoms with Crippen LogP contribution in [-0.2, 0) is 29.9 Å². The molecule has 0 bridgehead atoms. The third-order valence-electron chi connectivity index (χ3n) is 4.95. The molecule has 0 atom stereocenters. The van der Waals surface area contributed by atoms with Gasteiger partial charge in [-0.15, -0.1) is 0 Å². The zero-order chi connectivity index (χ0) is 23.0. The van der Waals surface area contributed by atoms with Crippen molar-refractivity contribution < 1.29 is 12.8 Å². The van der Waals surface area contributed by atoms with E-state index in [0.29, 0.717) is 32.2 Å². The highest BCUT2D eigenvalue weighted by Gasteiger charge is 2.18. The number of nitrogens with zero attached hydrogens (tertiary/aromatic N) is 2. The molecule has 6 nitrogen and oxygen atoms in total. The van der Waals surface area contributed by atoms with Crippen molar-refractivity contribution in [1.29, 1.82) is 0 Å². The van der Waals surface area contributed by atoms with Crippen LogP contribution in [0.3, 0.4) is 0 Å². The summed E-state index contributed by atoms with van der Waals surface area (Å²) in [6.45, 7) is 0. The SMILES string of the molecule is Cn1c(=O)n(C)c2cc(Sc3ccc(F)cc3)c(NS(=O)(=O)Cc3ccc(Cl)cc3)cc21. The van der Waals surface area contributed by atoms with Crippen LogP contribution in [0, 0.1) is 5.82 Å². The number of rotatable bonds is 6. The van der Waals surface area contributed by atoms with Gasteiger partial charge < -0.3 is 0 Å². The van der Waals surface area contributed by atoms with Gasteiger partial charge in [-0.25, -0.2) is 17.6 Å². The van der Waals surface area contributed by atoms with Gasteiger partial charge in [0.15, 0.2) is 0 Å². The molecule has 0 aliphatic rings. The fraction of sp³-hybridized carbons (Fsp3) is 0.136. The Kier molecular flexibility index (Phi) is 6.07. The largest absolute Gasteiger partial charge is 0.328 e. The Labute approximate surface area is 193 Å². The first-order valence-corrected chi connectivity index (χ1v) is 12.4. The van der Waals surface area contributed by atoms with Gasteiger partial charge in [0.25, 0.3) is 0 Å². The Morgan fingerprint density at radius 3 is 2.19 bits per heavy atom. The second kappa shape index (κ2) is 8.65. The molecule has 0 saturated carbocycles. The zero-order valence-corrected chi connectivity index (χ0v) is 19.6. The lowest BCUT2D eigenvalue weighted by atomic mass is 10.2. The van der Waals surface area contributed by atoms with Crippen LogP contribution >= 0.6 is 23.4 Å². The van der Waals surface area contributed by atoms with Crippen molar-refractivity contribution in [2.24, 2.45) is 14.1 Å². The van der Waals surface area contributed by atoms with Crippen molar-refractivity contribution in [3.05, 3.63) is 87.6 Å². The van der Waals surface area contributed by atoms with E-state index in [1.807, 2.05) is 0 Å². The lowest BCUT2D eigenvalue weighted by Crippen LogP contribution is -2.19. The van der Waals surface area contributed by atoms with Gasteiger partial charge in [-0.3, -0.25) is 13.9 Å². The van der Waals surface area contributed by atoms with Crippen LogP contribution in [0.4, 0.5) is 10.1 Å². The average molecular weight is 492 g/mol. The highest BCUT2D eigenvalue weighted by Crippen LogP contribution is 2.37. The van der Waals surface area contributed by atoms with E-state index in [-0.39, 0.29) is 17.3 Å². The second-order valence-corrected chi connectivity index (χ2v) is 10.6. The van der Waals surface area contributed by atoms with Gasteiger partial charge in [-0.1, -0.05) is 35.5 Å². The summed E-state index contributed by atoms with van der Waals surface area (Å²) < 4.78 is 44.8. The zero-order valence-electron chi connectivity index (χ0n) is 17.2. The van der Waals surface area contributed by atoms with Crippen molar-refractivity contribution in [3.63, 3.8) is 0 Å². The van der Waals surface area contributed by atoms with Crippen LogP contribution in [-0.4, -0.2) is 17.6 Å². The predicted octanol–water partition coefficient (Wildman–Crippen LogP) is 4.76. The summed E-state index contributed by atoms with van der Waals surface area (Å²) in [6, 6.07) is 15.9. The number of hydrogen-bond acceptors (Lipinski definition) is 4. The van der Waals surface area contributed by atoms with Crippen molar-refractivity contribution >= 4 is 50.1 Å². The Balaban J connectivity index is 1.76. The molecule has 0 unspecified atom stereocenters. The summed E-state index contributed by atoms with van der Waals surface area (Å²) in [5.41, 5.74) is 1.94. The molecule has 0 fully saturated rings. The molecule has 0 aliphatic carbocycles. The molecule has 10 heteroatoms. The first-order chi connectivity index (χ1) is 15.1. The Bertz CT molecular complexity index is 1460. The summed E-state index contributed by atoms with van der Waals surface area (Å²) >= 11 is 7.16. The maximum Gasteiger partial charge on any atom is 0.328 e. The predicted molar refractivity (Wildman–Crippen MR) is 126 cm³/mol. The van der Waals surface area contributed by atoms with E-state index >= 15 is 0 Å². The molecule has 0 aliphatic heterocycles. The number of hydrogen-bond donors (Lipinski definition) is 1. The maximum absolute atomic E-state index is 13.3. The van der Waals surface area contributed by atoms with Gasteiger partial charge in [0.2, 0.25) is 10.0 Å². The summed E-state index contributed by atoms with van der Waals surface area (Å²) in [7, 11) is -0.485. The number of imidazole rings is 1. The van der Waals surface area contributed by atoms with E-state index in [4.69, 9.17) is 11.6 Å². The van der Waals surface area contributed by atoms with Crippen molar-refractivity contribution in [2.75, 3.05) is 4.72 Å². The van der Waals surface area contributed by atoms with Crippen molar-refractivity contribution in [1.82, 2.24) is 9.13 Å². The summed E-state index contributed by atoms with van der Waals surface area (Å²) in [4.78, 5) is 13.7. The van der Waals surface area contributed by atoms with Crippen LogP contribution in [0.15, 0.2) is 75.2 Å². The Morgan fingerprint density at radius 1 is 0.969 bits per heavy atom. The first-order valence-electron chi connectivity index (χ1n) is 9.51. The highest BCUT2D eigenvalue weighted by atomic mass is 35.5. The van der Waals surface area contributed by atoms with Crippen LogP contribution < -0.4 is 10.4 Å².